The molecule has 0 unspecified atom stereocenters. The first-order chi connectivity index (χ1) is 8.42. The lowest BCUT2D eigenvalue weighted by Gasteiger charge is -2.39. The first-order valence-corrected chi connectivity index (χ1v) is 5.84. The molecule has 88 valence electrons. The minimum Gasteiger partial charge on any atom is -0.493 e. The van der Waals surface area contributed by atoms with Gasteiger partial charge < -0.3 is 9.64 Å². The average molecular weight is 229 g/mol. The maximum atomic E-state index is 5.72. The maximum absolute atomic E-state index is 5.72. The first kappa shape index (κ1) is 10.2. The van der Waals surface area contributed by atoms with Gasteiger partial charge in [-0.25, -0.2) is 0 Å². The molecule has 4 nitrogen and oxygen atoms in total. The summed E-state index contributed by atoms with van der Waals surface area (Å²) in [6.07, 6.45) is 1.78. The fourth-order valence-electron chi connectivity index (χ4n) is 2.03. The minimum atomic E-state index is 0.610. The predicted octanol–water partition coefficient (Wildman–Crippen LogP) is 1.92. The molecule has 0 radical (unpaired) electrons. The summed E-state index contributed by atoms with van der Waals surface area (Å²) in [6.45, 7) is 2.86. The van der Waals surface area contributed by atoms with Gasteiger partial charge in [-0.1, -0.05) is 18.2 Å². The molecule has 17 heavy (non-hydrogen) atoms. The van der Waals surface area contributed by atoms with Crippen LogP contribution in [0.15, 0.2) is 42.6 Å². The van der Waals surface area contributed by atoms with Crippen molar-refractivity contribution >= 4 is 5.82 Å². The van der Waals surface area contributed by atoms with Crippen molar-refractivity contribution in [3.8, 4) is 5.75 Å². The highest BCUT2D eigenvalue weighted by atomic mass is 16.5. The van der Waals surface area contributed by atoms with Crippen LogP contribution in [0, 0.1) is 5.92 Å². The standard InChI is InChI=1S/C13H15N3O/c1-2-4-12(5-3-1)17-10-11-8-16(9-11)13-6-7-14-15-13/h1-7,11H,8-10H2,(H,14,15). The Morgan fingerprint density at radius 3 is 2.76 bits per heavy atom. The number of hydrogen-bond donors (Lipinski definition) is 1. The number of anilines is 1. The molecule has 0 bridgehead atoms. The number of nitrogens with one attached hydrogen (secondary N) is 1. The molecule has 1 N–H and O–H groups in total. The molecule has 3 rings (SSSR count). The predicted molar refractivity (Wildman–Crippen MR) is 66.2 cm³/mol. The zero-order chi connectivity index (χ0) is 11.5. The van der Waals surface area contributed by atoms with Crippen molar-refractivity contribution in [2.24, 2.45) is 5.92 Å². The highest BCUT2D eigenvalue weighted by Crippen LogP contribution is 2.22. The highest BCUT2D eigenvalue weighted by Gasteiger charge is 2.28. The van der Waals surface area contributed by atoms with Gasteiger partial charge in [-0.3, -0.25) is 5.10 Å². The number of aromatic amines is 1. The van der Waals surface area contributed by atoms with Crippen molar-refractivity contribution in [3.63, 3.8) is 0 Å². The average Bonchev–Trinajstić information content (AvgIpc) is 2.82. The fraction of sp³-hybridized carbons (Fsp3) is 0.308. The second-order valence-corrected chi connectivity index (χ2v) is 4.34. The van der Waals surface area contributed by atoms with E-state index < -0.39 is 0 Å². The van der Waals surface area contributed by atoms with Crippen LogP contribution in [0.25, 0.3) is 0 Å². The smallest absolute Gasteiger partial charge is 0.123 e. The fourth-order valence-corrected chi connectivity index (χ4v) is 2.03. The van der Waals surface area contributed by atoms with Crippen molar-refractivity contribution in [1.82, 2.24) is 10.2 Å². The van der Waals surface area contributed by atoms with Gasteiger partial charge in [0.25, 0.3) is 0 Å². The lowest BCUT2D eigenvalue weighted by Crippen LogP contribution is -2.49. The monoisotopic (exact) mass is 229 g/mol. The quantitative estimate of drug-likeness (QED) is 0.871. The number of H-pyrrole nitrogens is 1. The molecular formula is C13H15N3O. The number of rotatable bonds is 4. The molecular weight excluding hydrogens is 214 g/mol. The largest absolute Gasteiger partial charge is 0.493 e. The molecule has 0 saturated carbocycles. The Bertz CT molecular complexity index is 449. The van der Waals surface area contributed by atoms with E-state index in [1.54, 1.807) is 6.20 Å². The van der Waals surface area contributed by atoms with E-state index in [9.17, 15) is 0 Å². The molecule has 0 spiro atoms. The van der Waals surface area contributed by atoms with Crippen molar-refractivity contribution in [2.75, 3.05) is 24.6 Å². The Hall–Kier alpha value is -1.97. The van der Waals surface area contributed by atoms with Gasteiger partial charge in [0.1, 0.15) is 11.6 Å². The summed E-state index contributed by atoms with van der Waals surface area (Å²) in [6, 6.07) is 12.0. The van der Waals surface area contributed by atoms with E-state index >= 15 is 0 Å². The molecule has 0 atom stereocenters. The molecule has 2 aromatic rings. The van der Waals surface area contributed by atoms with Crippen LogP contribution in [0.2, 0.25) is 0 Å². The Morgan fingerprint density at radius 2 is 2.06 bits per heavy atom. The molecule has 0 aliphatic carbocycles. The molecule has 1 aliphatic rings. The number of para-hydroxylation sites is 1. The Labute approximate surface area is 100 Å². The van der Waals surface area contributed by atoms with E-state index in [1.165, 1.54) is 0 Å². The van der Waals surface area contributed by atoms with Crippen LogP contribution in [0.4, 0.5) is 5.82 Å². The van der Waals surface area contributed by atoms with E-state index in [1.807, 2.05) is 36.4 Å². The van der Waals surface area contributed by atoms with E-state index in [2.05, 4.69) is 15.1 Å². The van der Waals surface area contributed by atoms with Crippen LogP contribution in [0.3, 0.4) is 0 Å². The van der Waals surface area contributed by atoms with Gasteiger partial charge in [0.05, 0.1) is 12.8 Å². The topological polar surface area (TPSA) is 41.1 Å². The Kier molecular flexibility index (Phi) is 2.69. The van der Waals surface area contributed by atoms with Gasteiger partial charge in [0.15, 0.2) is 0 Å². The summed E-state index contributed by atoms with van der Waals surface area (Å²) in [4.78, 5) is 2.27. The Morgan fingerprint density at radius 1 is 1.24 bits per heavy atom. The van der Waals surface area contributed by atoms with Gasteiger partial charge in [0.2, 0.25) is 0 Å². The molecule has 4 heteroatoms. The molecule has 1 aromatic carbocycles. The number of ether oxygens (including phenoxy) is 1. The van der Waals surface area contributed by atoms with Gasteiger partial charge in [-0.05, 0) is 12.1 Å². The third-order valence-electron chi connectivity index (χ3n) is 3.01. The number of nitrogens with zero attached hydrogens (tertiary/aromatic N) is 2. The van der Waals surface area contributed by atoms with Crippen LogP contribution in [0.1, 0.15) is 0 Å². The maximum Gasteiger partial charge on any atom is 0.123 e. The lowest BCUT2D eigenvalue weighted by atomic mass is 10.0. The van der Waals surface area contributed by atoms with E-state index in [0.29, 0.717) is 5.92 Å². The normalized spacial score (nSPS) is 15.6. The molecule has 1 aliphatic heterocycles. The van der Waals surface area contributed by atoms with Gasteiger partial charge in [0, 0.05) is 25.1 Å². The van der Waals surface area contributed by atoms with E-state index in [-0.39, 0.29) is 0 Å². The minimum absolute atomic E-state index is 0.610. The summed E-state index contributed by atoms with van der Waals surface area (Å²) in [7, 11) is 0. The zero-order valence-electron chi connectivity index (χ0n) is 9.54. The Balaban J connectivity index is 1.45. The highest BCUT2D eigenvalue weighted by molar-refractivity contribution is 5.40. The van der Waals surface area contributed by atoms with E-state index in [4.69, 9.17) is 4.74 Å². The summed E-state index contributed by atoms with van der Waals surface area (Å²) in [5.41, 5.74) is 0. The van der Waals surface area contributed by atoms with Crippen LogP contribution in [-0.2, 0) is 0 Å². The SMILES string of the molecule is c1ccc(OCC2CN(c3ccn[nH]3)C2)cc1. The molecule has 1 fully saturated rings. The summed E-state index contributed by atoms with van der Waals surface area (Å²) in [5, 5.41) is 6.91. The van der Waals surface area contributed by atoms with Crippen molar-refractivity contribution in [1.29, 1.82) is 0 Å². The first-order valence-electron chi connectivity index (χ1n) is 5.84. The van der Waals surface area contributed by atoms with Gasteiger partial charge >= 0.3 is 0 Å². The molecule has 1 saturated heterocycles. The van der Waals surface area contributed by atoms with Gasteiger partial charge in [-0.2, -0.15) is 5.10 Å². The zero-order valence-corrected chi connectivity index (χ0v) is 9.54. The summed E-state index contributed by atoms with van der Waals surface area (Å²) in [5.74, 6) is 2.66. The second-order valence-electron chi connectivity index (χ2n) is 4.34. The lowest BCUT2D eigenvalue weighted by molar-refractivity contribution is 0.220. The third kappa shape index (κ3) is 2.25. The van der Waals surface area contributed by atoms with Gasteiger partial charge in [-0.15, -0.1) is 0 Å². The molecule has 2 heterocycles. The van der Waals surface area contributed by atoms with Crippen LogP contribution >= 0.6 is 0 Å². The van der Waals surface area contributed by atoms with Crippen molar-refractivity contribution in [2.45, 2.75) is 0 Å². The van der Waals surface area contributed by atoms with Crippen molar-refractivity contribution in [3.05, 3.63) is 42.6 Å². The third-order valence-corrected chi connectivity index (χ3v) is 3.01. The summed E-state index contributed by atoms with van der Waals surface area (Å²) >= 11 is 0. The van der Waals surface area contributed by atoms with Crippen molar-refractivity contribution < 1.29 is 4.74 Å². The summed E-state index contributed by atoms with van der Waals surface area (Å²) < 4.78 is 5.72. The van der Waals surface area contributed by atoms with Crippen LogP contribution in [-0.4, -0.2) is 29.9 Å². The number of benzene rings is 1. The van der Waals surface area contributed by atoms with E-state index in [0.717, 1.165) is 31.3 Å². The number of hydrogen-bond acceptors (Lipinski definition) is 3. The van der Waals surface area contributed by atoms with Crippen LogP contribution in [0.5, 0.6) is 5.75 Å². The molecule has 0 amide bonds. The van der Waals surface area contributed by atoms with Crippen LogP contribution < -0.4 is 9.64 Å². The number of aromatic nitrogens is 2. The second kappa shape index (κ2) is 4.49. The molecule has 1 aromatic heterocycles.